The molecule has 0 saturated carbocycles. The van der Waals surface area contributed by atoms with Gasteiger partial charge >= 0.3 is 0 Å². The third-order valence-corrected chi connectivity index (χ3v) is 6.83. The van der Waals surface area contributed by atoms with Crippen molar-refractivity contribution < 1.29 is 0 Å². The maximum absolute atomic E-state index is 4.88. The smallest absolute Gasteiger partial charge is 0.232 e. The molecule has 3 aromatic rings. The Morgan fingerprint density at radius 1 is 0.909 bits per heavy atom. The highest BCUT2D eigenvalue weighted by Gasteiger charge is 2.20. The molecule has 6 rings (SSSR count). The number of aromatic nitrogens is 5. The van der Waals surface area contributed by atoms with E-state index in [1.54, 1.807) is 0 Å². The lowest BCUT2D eigenvalue weighted by atomic mass is 10.0. The van der Waals surface area contributed by atoms with Crippen molar-refractivity contribution in [2.75, 3.05) is 54.4 Å². The van der Waals surface area contributed by atoms with Crippen molar-refractivity contribution in [3.8, 4) is 0 Å². The fourth-order valence-corrected chi connectivity index (χ4v) is 5.03. The molecule has 0 aromatic carbocycles. The minimum atomic E-state index is 0.306. The fourth-order valence-electron chi connectivity index (χ4n) is 5.03. The molecule has 0 bridgehead atoms. The standard InChI is InChI=1S/C24H31N9/c1-2-6-19(7-3-1)33-20-14-21(26-16-18(20)17-27-33)28-24-29-22(31-10-4-5-11-31)15-23(30-24)32-12-8-25-9-13-32/h2,6,14-17,19,25H,1,3-5,7-13H2,(H,26,28,29,30). The van der Waals surface area contributed by atoms with E-state index in [0.717, 1.165) is 80.5 Å². The molecule has 172 valence electrons. The molecule has 0 spiro atoms. The highest BCUT2D eigenvalue weighted by atomic mass is 15.3. The Morgan fingerprint density at radius 3 is 2.45 bits per heavy atom. The van der Waals surface area contributed by atoms with Crippen LogP contribution in [0.1, 0.15) is 38.1 Å². The molecule has 1 unspecified atom stereocenters. The summed E-state index contributed by atoms with van der Waals surface area (Å²) in [5, 5.41) is 12.5. The van der Waals surface area contributed by atoms with Crippen LogP contribution in [-0.2, 0) is 0 Å². The monoisotopic (exact) mass is 445 g/mol. The summed E-state index contributed by atoms with van der Waals surface area (Å²) < 4.78 is 2.12. The normalized spacial score (nSPS) is 21.2. The molecule has 0 amide bonds. The number of nitrogens with one attached hydrogen (secondary N) is 2. The Hall–Kier alpha value is -3.20. The predicted octanol–water partition coefficient (Wildman–Crippen LogP) is 3.26. The summed E-state index contributed by atoms with van der Waals surface area (Å²) in [6.45, 7) is 5.96. The summed E-state index contributed by atoms with van der Waals surface area (Å²) in [6.07, 6.45) is 14.2. The zero-order valence-corrected chi connectivity index (χ0v) is 19.0. The number of pyridine rings is 1. The third kappa shape index (κ3) is 4.25. The van der Waals surface area contributed by atoms with Gasteiger partial charge < -0.3 is 20.4 Å². The molecule has 2 saturated heterocycles. The van der Waals surface area contributed by atoms with Crippen LogP contribution in [-0.4, -0.2) is 64.0 Å². The highest BCUT2D eigenvalue weighted by molar-refractivity contribution is 5.81. The Balaban J connectivity index is 1.32. The van der Waals surface area contributed by atoms with Gasteiger partial charge in [0.1, 0.15) is 17.5 Å². The molecule has 3 aliphatic rings. The SMILES string of the molecule is C1=CC(n2ncc3cnc(Nc4nc(N5CCCC5)cc(N5CCNCC5)n4)cc32)CCC1. The lowest BCUT2D eigenvalue weighted by Gasteiger charge is -2.29. The van der Waals surface area contributed by atoms with E-state index >= 15 is 0 Å². The van der Waals surface area contributed by atoms with E-state index in [2.05, 4.69) is 59.5 Å². The summed E-state index contributed by atoms with van der Waals surface area (Å²) >= 11 is 0. The fraction of sp³-hybridized carbons (Fsp3) is 0.500. The van der Waals surface area contributed by atoms with Crippen LogP contribution in [0.3, 0.4) is 0 Å². The third-order valence-electron chi connectivity index (χ3n) is 6.83. The Kier molecular flexibility index (Phi) is 5.55. The van der Waals surface area contributed by atoms with Crippen molar-refractivity contribution in [3.63, 3.8) is 0 Å². The highest BCUT2D eigenvalue weighted by Crippen LogP contribution is 2.29. The quantitative estimate of drug-likeness (QED) is 0.579. The van der Waals surface area contributed by atoms with Gasteiger partial charge in [-0.1, -0.05) is 12.2 Å². The second kappa shape index (κ2) is 8.97. The van der Waals surface area contributed by atoms with Crippen molar-refractivity contribution in [1.82, 2.24) is 30.0 Å². The van der Waals surface area contributed by atoms with E-state index in [1.807, 2.05) is 12.4 Å². The Morgan fingerprint density at radius 2 is 1.70 bits per heavy atom. The molecule has 9 heteroatoms. The van der Waals surface area contributed by atoms with E-state index in [9.17, 15) is 0 Å². The number of piperazine rings is 1. The van der Waals surface area contributed by atoms with Crippen molar-refractivity contribution in [2.24, 2.45) is 0 Å². The first-order valence-corrected chi connectivity index (χ1v) is 12.2. The number of anilines is 4. The average molecular weight is 446 g/mol. The molecule has 3 aromatic heterocycles. The maximum Gasteiger partial charge on any atom is 0.232 e. The van der Waals surface area contributed by atoms with Crippen molar-refractivity contribution >= 4 is 34.3 Å². The van der Waals surface area contributed by atoms with E-state index in [0.29, 0.717) is 12.0 Å². The molecule has 1 atom stereocenters. The van der Waals surface area contributed by atoms with Gasteiger partial charge in [0.25, 0.3) is 0 Å². The molecule has 9 nitrogen and oxygen atoms in total. The number of rotatable bonds is 5. The summed E-state index contributed by atoms with van der Waals surface area (Å²) in [5.41, 5.74) is 1.09. The summed E-state index contributed by atoms with van der Waals surface area (Å²) in [7, 11) is 0. The first-order valence-electron chi connectivity index (χ1n) is 12.2. The van der Waals surface area contributed by atoms with E-state index in [4.69, 9.17) is 9.97 Å². The molecule has 2 N–H and O–H groups in total. The molecule has 2 aliphatic heterocycles. The summed E-state index contributed by atoms with van der Waals surface area (Å²) in [4.78, 5) is 19.1. The van der Waals surface area contributed by atoms with Crippen LogP contribution in [0, 0.1) is 0 Å². The van der Waals surface area contributed by atoms with Gasteiger partial charge in [0, 0.05) is 63.0 Å². The lowest BCUT2D eigenvalue weighted by Crippen LogP contribution is -2.44. The van der Waals surface area contributed by atoms with Crippen LogP contribution in [0.4, 0.5) is 23.4 Å². The van der Waals surface area contributed by atoms with E-state index < -0.39 is 0 Å². The molecular weight excluding hydrogens is 414 g/mol. The number of hydrogen-bond acceptors (Lipinski definition) is 8. The van der Waals surface area contributed by atoms with Crippen molar-refractivity contribution in [2.45, 2.75) is 38.1 Å². The summed E-state index contributed by atoms with van der Waals surface area (Å²) in [5.74, 6) is 3.32. The Bertz CT molecular complexity index is 1140. The van der Waals surface area contributed by atoms with Crippen LogP contribution in [0.15, 0.2) is 36.7 Å². The van der Waals surface area contributed by atoms with Gasteiger partial charge in [0.15, 0.2) is 0 Å². The number of fused-ring (bicyclic) bond motifs is 1. The number of allylic oxidation sites excluding steroid dienone is 2. The van der Waals surface area contributed by atoms with Gasteiger partial charge in [0.05, 0.1) is 17.8 Å². The molecule has 1 aliphatic carbocycles. The molecule has 0 radical (unpaired) electrons. The van der Waals surface area contributed by atoms with Gasteiger partial charge in [-0.3, -0.25) is 4.68 Å². The van der Waals surface area contributed by atoms with Gasteiger partial charge in [-0.25, -0.2) is 4.98 Å². The maximum atomic E-state index is 4.88. The molecule has 33 heavy (non-hydrogen) atoms. The van der Waals surface area contributed by atoms with Gasteiger partial charge in [0.2, 0.25) is 5.95 Å². The first kappa shape index (κ1) is 20.4. The number of hydrogen-bond donors (Lipinski definition) is 2. The van der Waals surface area contributed by atoms with Crippen molar-refractivity contribution in [3.05, 3.63) is 36.7 Å². The molecular formula is C24H31N9. The van der Waals surface area contributed by atoms with E-state index in [1.165, 1.54) is 19.3 Å². The number of nitrogens with zero attached hydrogens (tertiary/aromatic N) is 7. The van der Waals surface area contributed by atoms with E-state index in [-0.39, 0.29) is 0 Å². The average Bonchev–Trinajstić information content (AvgIpc) is 3.55. The zero-order valence-electron chi connectivity index (χ0n) is 19.0. The Labute approximate surface area is 193 Å². The van der Waals surface area contributed by atoms with Gasteiger partial charge in [-0.05, 0) is 32.1 Å². The summed E-state index contributed by atoms with van der Waals surface area (Å²) in [6, 6.07) is 4.52. The van der Waals surface area contributed by atoms with Crippen LogP contribution in [0.25, 0.3) is 10.9 Å². The first-order chi connectivity index (χ1) is 16.3. The van der Waals surface area contributed by atoms with Gasteiger partial charge in [-0.2, -0.15) is 15.1 Å². The second-order valence-corrected chi connectivity index (χ2v) is 9.11. The molecule has 2 fully saturated rings. The van der Waals surface area contributed by atoms with Crippen LogP contribution < -0.4 is 20.4 Å². The minimum absolute atomic E-state index is 0.306. The lowest BCUT2D eigenvalue weighted by molar-refractivity contribution is 0.487. The van der Waals surface area contributed by atoms with Crippen molar-refractivity contribution in [1.29, 1.82) is 0 Å². The van der Waals surface area contributed by atoms with Crippen LogP contribution in [0.2, 0.25) is 0 Å². The molecule has 5 heterocycles. The van der Waals surface area contributed by atoms with Crippen LogP contribution in [0.5, 0.6) is 0 Å². The topological polar surface area (TPSA) is 87.0 Å². The second-order valence-electron chi connectivity index (χ2n) is 9.11. The van der Waals surface area contributed by atoms with Gasteiger partial charge in [-0.15, -0.1) is 0 Å². The largest absolute Gasteiger partial charge is 0.356 e. The zero-order chi connectivity index (χ0) is 22.0. The minimum Gasteiger partial charge on any atom is -0.356 e. The van der Waals surface area contributed by atoms with Crippen LogP contribution >= 0.6 is 0 Å². The predicted molar refractivity (Wildman–Crippen MR) is 131 cm³/mol.